The molecule has 0 saturated carbocycles. The number of para-hydroxylation sites is 2. The SMILES string of the molecule is CCCCCc1nc2ccccc2nc1C. The third-order valence-electron chi connectivity index (χ3n) is 2.86. The van der Waals surface area contributed by atoms with Gasteiger partial charge in [-0.2, -0.15) is 0 Å². The lowest BCUT2D eigenvalue weighted by Gasteiger charge is -2.05. The second-order valence-electron chi connectivity index (χ2n) is 4.20. The highest BCUT2D eigenvalue weighted by Crippen LogP contribution is 2.14. The van der Waals surface area contributed by atoms with Gasteiger partial charge in [-0.3, -0.25) is 0 Å². The number of hydrogen-bond donors (Lipinski definition) is 0. The van der Waals surface area contributed by atoms with E-state index in [1.54, 1.807) is 0 Å². The Hall–Kier alpha value is -1.44. The standard InChI is InChI=1S/C14H18N2/c1-3-4-5-8-12-11(2)15-13-9-6-7-10-14(13)16-12/h6-7,9-10H,3-5,8H2,1-2H3. The van der Waals surface area contributed by atoms with Crippen molar-refractivity contribution in [3.8, 4) is 0 Å². The molecule has 2 nitrogen and oxygen atoms in total. The molecule has 0 atom stereocenters. The monoisotopic (exact) mass is 214 g/mol. The second kappa shape index (κ2) is 5.06. The van der Waals surface area contributed by atoms with Gasteiger partial charge in [0, 0.05) is 0 Å². The predicted molar refractivity (Wildman–Crippen MR) is 67.5 cm³/mol. The van der Waals surface area contributed by atoms with Crippen molar-refractivity contribution < 1.29 is 0 Å². The van der Waals surface area contributed by atoms with Crippen molar-refractivity contribution in [3.63, 3.8) is 0 Å². The molecule has 0 unspecified atom stereocenters. The van der Waals surface area contributed by atoms with Gasteiger partial charge < -0.3 is 0 Å². The van der Waals surface area contributed by atoms with Crippen LogP contribution in [0.5, 0.6) is 0 Å². The highest BCUT2D eigenvalue weighted by atomic mass is 14.8. The van der Waals surface area contributed by atoms with Crippen molar-refractivity contribution in [1.82, 2.24) is 9.97 Å². The van der Waals surface area contributed by atoms with Gasteiger partial charge in [-0.15, -0.1) is 0 Å². The topological polar surface area (TPSA) is 25.8 Å². The van der Waals surface area contributed by atoms with E-state index in [-0.39, 0.29) is 0 Å². The van der Waals surface area contributed by atoms with Gasteiger partial charge in [-0.25, -0.2) is 9.97 Å². The summed E-state index contributed by atoms with van der Waals surface area (Å²) in [4.78, 5) is 9.28. The number of rotatable bonds is 4. The van der Waals surface area contributed by atoms with E-state index in [9.17, 15) is 0 Å². The summed E-state index contributed by atoms with van der Waals surface area (Å²) in [6.45, 7) is 4.28. The number of aryl methyl sites for hydroxylation is 2. The van der Waals surface area contributed by atoms with E-state index >= 15 is 0 Å². The summed E-state index contributed by atoms with van der Waals surface area (Å²) in [6, 6.07) is 8.08. The zero-order valence-corrected chi connectivity index (χ0v) is 10.0. The van der Waals surface area contributed by atoms with Crippen LogP contribution in [0, 0.1) is 6.92 Å². The lowest BCUT2D eigenvalue weighted by molar-refractivity contribution is 0.703. The van der Waals surface area contributed by atoms with Crippen LogP contribution in [0.3, 0.4) is 0 Å². The first-order valence-electron chi connectivity index (χ1n) is 6.03. The van der Waals surface area contributed by atoms with Crippen LogP contribution in [0.4, 0.5) is 0 Å². The number of hydrogen-bond acceptors (Lipinski definition) is 2. The summed E-state index contributed by atoms with van der Waals surface area (Å²) in [7, 11) is 0. The Morgan fingerprint density at radius 2 is 1.69 bits per heavy atom. The van der Waals surface area contributed by atoms with Gasteiger partial charge in [0.25, 0.3) is 0 Å². The molecule has 2 aromatic rings. The van der Waals surface area contributed by atoms with Crippen molar-refractivity contribution in [2.24, 2.45) is 0 Å². The third kappa shape index (κ3) is 2.38. The minimum Gasteiger partial charge on any atom is -0.250 e. The average molecular weight is 214 g/mol. The zero-order valence-electron chi connectivity index (χ0n) is 10.0. The molecule has 0 aliphatic rings. The maximum atomic E-state index is 4.68. The predicted octanol–water partition coefficient (Wildman–Crippen LogP) is 3.67. The Morgan fingerprint density at radius 3 is 2.38 bits per heavy atom. The molecule has 0 aliphatic heterocycles. The molecule has 84 valence electrons. The Kier molecular flexibility index (Phi) is 3.50. The van der Waals surface area contributed by atoms with Crippen molar-refractivity contribution in [3.05, 3.63) is 35.7 Å². The molecule has 0 aliphatic carbocycles. The van der Waals surface area contributed by atoms with E-state index in [2.05, 4.69) is 23.8 Å². The Balaban J connectivity index is 2.27. The fraction of sp³-hybridized carbons (Fsp3) is 0.429. The van der Waals surface area contributed by atoms with Crippen LogP contribution in [0.15, 0.2) is 24.3 Å². The zero-order chi connectivity index (χ0) is 11.4. The molecule has 1 aromatic heterocycles. The fourth-order valence-corrected chi connectivity index (χ4v) is 1.90. The molecule has 0 amide bonds. The van der Waals surface area contributed by atoms with E-state index in [4.69, 9.17) is 0 Å². The first-order valence-corrected chi connectivity index (χ1v) is 6.03. The minimum absolute atomic E-state index is 0.999. The first kappa shape index (κ1) is 11.1. The largest absolute Gasteiger partial charge is 0.250 e. The number of nitrogens with zero attached hydrogens (tertiary/aromatic N) is 2. The maximum Gasteiger partial charge on any atom is 0.0890 e. The van der Waals surface area contributed by atoms with E-state index in [0.717, 1.165) is 28.8 Å². The lowest BCUT2D eigenvalue weighted by atomic mass is 10.1. The number of fused-ring (bicyclic) bond motifs is 1. The molecule has 16 heavy (non-hydrogen) atoms. The molecule has 0 N–H and O–H groups in total. The molecule has 0 spiro atoms. The van der Waals surface area contributed by atoms with Gasteiger partial charge >= 0.3 is 0 Å². The van der Waals surface area contributed by atoms with Crippen molar-refractivity contribution in [1.29, 1.82) is 0 Å². The summed E-state index contributed by atoms with van der Waals surface area (Å²) in [5.74, 6) is 0. The molecule has 2 rings (SSSR count). The molecule has 1 aromatic carbocycles. The summed E-state index contributed by atoms with van der Waals surface area (Å²) >= 11 is 0. The van der Waals surface area contributed by atoms with Crippen LogP contribution >= 0.6 is 0 Å². The minimum atomic E-state index is 0.999. The van der Waals surface area contributed by atoms with E-state index < -0.39 is 0 Å². The Labute approximate surface area is 96.7 Å². The third-order valence-corrected chi connectivity index (χ3v) is 2.86. The first-order chi connectivity index (χ1) is 7.81. The van der Waals surface area contributed by atoms with Crippen LogP contribution in [-0.2, 0) is 6.42 Å². The number of aromatic nitrogens is 2. The summed E-state index contributed by atoms with van der Waals surface area (Å²) < 4.78 is 0. The Morgan fingerprint density at radius 1 is 1.00 bits per heavy atom. The maximum absolute atomic E-state index is 4.68. The molecule has 0 fully saturated rings. The van der Waals surface area contributed by atoms with E-state index in [0.29, 0.717) is 0 Å². The molecule has 0 radical (unpaired) electrons. The smallest absolute Gasteiger partial charge is 0.0890 e. The summed E-state index contributed by atoms with van der Waals surface area (Å²) in [5, 5.41) is 0. The second-order valence-corrected chi connectivity index (χ2v) is 4.20. The van der Waals surface area contributed by atoms with Crippen LogP contribution in [0.1, 0.15) is 37.6 Å². The molecular formula is C14H18N2. The van der Waals surface area contributed by atoms with Crippen molar-refractivity contribution >= 4 is 11.0 Å². The van der Waals surface area contributed by atoms with Crippen LogP contribution < -0.4 is 0 Å². The van der Waals surface area contributed by atoms with Gasteiger partial charge in [0.1, 0.15) is 0 Å². The number of benzene rings is 1. The number of unbranched alkanes of at least 4 members (excludes halogenated alkanes) is 2. The van der Waals surface area contributed by atoms with Gasteiger partial charge in [0.05, 0.1) is 22.4 Å². The quantitative estimate of drug-likeness (QED) is 0.726. The van der Waals surface area contributed by atoms with Crippen molar-refractivity contribution in [2.45, 2.75) is 39.5 Å². The van der Waals surface area contributed by atoms with Gasteiger partial charge in [0.15, 0.2) is 0 Å². The van der Waals surface area contributed by atoms with E-state index in [1.807, 2.05) is 24.3 Å². The van der Waals surface area contributed by atoms with Crippen LogP contribution in [-0.4, -0.2) is 9.97 Å². The highest BCUT2D eigenvalue weighted by molar-refractivity contribution is 5.74. The summed E-state index contributed by atoms with van der Waals surface area (Å²) in [5.41, 5.74) is 4.25. The molecule has 0 saturated heterocycles. The van der Waals surface area contributed by atoms with Crippen LogP contribution in [0.2, 0.25) is 0 Å². The van der Waals surface area contributed by atoms with Gasteiger partial charge in [-0.05, 0) is 31.9 Å². The van der Waals surface area contributed by atoms with Crippen molar-refractivity contribution in [2.75, 3.05) is 0 Å². The molecular weight excluding hydrogens is 196 g/mol. The highest BCUT2D eigenvalue weighted by Gasteiger charge is 2.04. The van der Waals surface area contributed by atoms with Gasteiger partial charge in [-0.1, -0.05) is 31.9 Å². The Bertz CT molecular complexity index is 477. The van der Waals surface area contributed by atoms with Gasteiger partial charge in [0.2, 0.25) is 0 Å². The normalized spacial score (nSPS) is 10.9. The van der Waals surface area contributed by atoms with E-state index in [1.165, 1.54) is 19.3 Å². The lowest BCUT2D eigenvalue weighted by Crippen LogP contribution is -1.98. The average Bonchev–Trinajstić information content (AvgIpc) is 2.30. The summed E-state index contributed by atoms with van der Waals surface area (Å²) in [6.07, 6.45) is 4.79. The fourth-order valence-electron chi connectivity index (χ4n) is 1.90. The van der Waals surface area contributed by atoms with Crippen LogP contribution in [0.25, 0.3) is 11.0 Å². The molecule has 0 bridgehead atoms. The molecule has 2 heteroatoms. The molecule has 1 heterocycles.